The van der Waals surface area contributed by atoms with Gasteiger partial charge in [-0.25, -0.2) is 19.2 Å². The zero-order valence-electron chi connectivity index (χ0n) is 43.3. The van der Waals surface area contributed by atoms with Crippen LogP contribution in [0.1, 0.15) is 104 Å². The number of nitrogens with zero attached hydrogens (tertiary/aromatic N) is 7. The highest BCUT2D eigenvalue weighted by Crippen LogP contribution is 2.37. The Hall–Kier alpha value is -8.10. The molecule has 1 unspecified atom stereocenters. The molecule has 5 aliphatic heterocycles. The molecule has 6 aromatic rings. The van der Waals surface area contributed by atoms with Gasteiger partial charge in [-0.1, -0.05) is 47.7 Å². The Bertz CT molecular complexity index is 3390. The molecule has 4 aromatic carbocycles. The molecule has 2 aromatic heterocycles. The average Bonchev–Trinajstić information content (AvgIpc) is 4.17. The van der Waals surface area contributed by atoms with E-state index in [2.05, 4.69) is 20.5 Å². The summed E-state index contributed by atoms with van der Waals surface area (Å²) in [5.74, 6) is -3.14. The highest BCUT2D eigenvalue weighted by Gasteiger charge is 2.45. The minimum absolute atomic E-state index is 0.00288. The van der Waals surface area contributed by atoms with Crippen molar-refractivity contribution in [2.24, 2.45) is 5.92 Å². The molecule has 18 nitrogen and oxygen atoms in total. The number of para-hydroxylation sites is 1. The summed E-state index contributed by atoms with van der Waals surface area (Å²) in [5.41, 5.74) is 5.24. The molecule has 5 aliphatic rings. The van der Waals surface area contributed by atoms with Crippen molar-refractivity contribution in [1.82, 2.24) is 30.0 Å². The van der Waals surface area contributed by atoms with Crippen molar-refractivity contribution in [2.45, 2.75) is 77.5 Å². The smallest absolute Gasteiger partial charge is 0.355 e. The second-order valence-electron chi connectivity index (χ2n) is 20.7. The predicted octanol–water partition coefficient (Wildman–Crippen LogP) is 7.33. The van der Waals surface area contributed by atoms with Crippen LogP contribution in [0.2, 0.25) is 0 Å². The van der Waals surface area contributed by atoms with Crippen LogP contribution >= 0.6 is 11.3 Å². The summed E-state index contributed by atoms with van der Waals surface area (Å²) >= 11 is 1.42. The Labute approximate surface area is 453 Å². The normalized spacial score (nSPS) is 18.5. The molecule has 3 saturated heterocycles. The molecular weight excluding hydrogens is 1020 g/mol. The highest BCUT2D eigenvalue weighted by molar-refractivity contribution is 7.22. The van der Waals surface area contributed by atoms with Gasteiger partial charge in [-0.15, -0.1) is 0 Å². The average molecular weight is 1080 g/mol. The van der Waals surface area contributed by atoms with Gasteiger partial charge in [0.2, 0.25) is 17.7 Å². The first kappa shape index (κ1) is 52.0. The maximum absolute atomic E-state index is 15.5. The number of aromatic nitrogens is 2. The molecule has 402 valence electrons. The molecule has 78 heavy (non-hydrogen) atoms. The van der Waals surface area contributed by atoms with E-state index < -0.39 is 41.5 Å². The molecule has 0 bridgehead atoms. The number of piperazine rings is 1. The first-order valence-electron chi connectivity index (χ1n) is 26.5. The lowest BCUT2D eigenvalue weighted by atomic mass is 9.91. The summed E-state index contributed by atoms with van der Waals surface area (Å²) in [7, 11) is 0. The van der Waals surface area contributed by atoms with Gasteiger partial charge >= 0.3 is 5.97 Å². The number of nitrogens with one attached hydrogen (secondary N) is 2. The number of likely N-dealkylation sites (tertiary alicyclic amines) is 1. The first-order chi connectivity index (χ1) is 37.7. The molecule has 0 radical (unpaired) electrons. The number of ether oxygens (including phenoxy) is 1. The lowest BCUT2D eigenvalue weighted by Crippen LogP contribution is -2.54. The molecule has 2 atom stereocenters. The molecule has 3 fully saturated rings. The van der Waals surface area contributed by atoms with Crippen molar-refractivity contribution < 1.29 is 47.8 Å². The maximum Gasteiger partial charge on any atom is 0.355 e. The van der Waals surface area contributed by atoms with Crippen molar-refractivity contribution in [3.63, 3.8) is 0 Å². The number of carbonyl (C=O) groups excluding carboxylic acids is 6. The minimum Gasteiger partial charge on any atom is -0.490 e. The number of imide groups is 2. The predicted molar refractivity (Wildman–Crippen MR) is 290 cm³/mol. The molecule has 7 heterocycles. The van der Waals surface area contributed by atoms with Crippen LogP contribution in [-0.2, 0) is 27.3 Å². The van der Waals surface area contributed by atoms with Gasteiger partial charge in [0.05, 0.1) is 39.7 Å². The monoisotopic (exact) mass is 1080 g/mol. The van der Waals surface area contributed by atoms with Crippen LogP contribution in [0.4, 0.5) is 21.0 Å². The topological polar surface area (TPSA) is 215 Å². The zero-order valence-corrected chi connectivity index (χ0v) is 44.1. The van der Waals surface area contributed by atoms with Gasteiger partial charge in [0.25, 0.3) is 17.7 Å². The lowest BCUT2D eigenvalue weighted by molar-refractivity contribution is -0.136. The van der Waals surface area contributed by atoms with Gasteiger partial charge in [-0.2, -0.15) is 0 Å². The van der Waals surface area contributed by atoms with Crippen LogP contribution in [0, 0.1) is 18.7 Å². The van der Waals surface area contributed by atoms with Crippen LogP contribution in [0.5, 0.6) is 5.75 Å². The van der Waals surface area contributed by atoms with E-state index in [0.717, 1.165) is 76.6 Å². The van der Waals surface area contributed by atoms with E-state index >= 15 is 4.39 Å². The van der Waals surface area contributed by atoms with Crippen molar-refractivity contribution >= 4 is 79.6 Å². The molecule has 6 amide bonds. The largest absolute Gasteiger partial charge is 0.490 e. The van der Waals surface area contributed by atoms with E-state index in [1.807, 2.05) is 79.4 Å². The number of benzene rings is 4. The van der Waals surface area contributed by atoms with E-state index in [-0.39, 0.29) is 59.8 Å². The Morgan fingerprint density at radius 2 is 1.58 bits per heavy atom. The summed E-state index contributed by atoms with van der Waals surface area (Å²) in [6.07, 6.45) is 4.16. The second-order valence-corrected chi connectivity index (χ2v) is 21.8. The number of aromatic carboxylic acids is 1. The Morgan fingerprint density at radius 3 is 2.33 bits per heavy atom. The minimum atomic E-state index is -1.15. The van der Waals surface area contributed by atoms with Gasteiger partial charge in [0.1, 0.15) is 23.4 Å². The van der Waals surface area contributed by atoms with Crippen LogP contribution < -0.4 is 25.2 Å². The molecule has 20 heteroatoms. The second kappa shape index (κ2) is 21.7. The number of thiazole rings is 1. The summed E-state index contributed by atoms with van der Waals surface area (Å²) in [5, 5.41) is 16.2. The van der Waals surface area contributed by atoms with Crippen LogP contribution in [0.25, 0.3) is 21.3 Å². The van der Waals surface area contributed by atoms with Crippen LogP contribution in [0.3, 0.4) is 0 Å². The third kappa shape index (κ3) is 10.4. The van der Waals surface area contributed by atoms with Gasteiger partial charge in [0.15, 0.2) is 10.8 Å². The molecular formula is C58H58FN9O9S. The van der Waals surface area contributed by atoms with Crippen LogP contribution in [0.15, 0.2) is 84.9 Å². The number of rotatable bonds is 14. The molecule has 11 rings (SSSR count). The molecule has 0 saturated carbocycles. The zero-order chi connectivity index (χ0) is 54.4. The van der Waals surface area contributed by atoms with Crippen LogP contribution in [-0.4, -0.2) is 136 Å². The number of pyridine rings is 1. The molecule has 0 aliphatic carbocycles. The fourth-order valence-corrected chi connectivity index (χ4v) is 12.4. The quantitative estimate of drug-likeness (QED) is 0.0912. The number of carbonyl (C=O) groups is 7. The molecule has 0 spiro atoms. The summed E-state index contributed by atoms with van der Waals surface area (Å²) in [4.78, 5) is 109. The number of anilines is 3. The fraction of sp³-hybridized carbons (Fsp3) is 0.362. The van der Waals surface area contributed by atoms with E-state index in [0.29, 0.717) is 85.0 Å². The summed E-state index contributed by atoms with van der Waals surface area (Å²) in [6.45, 7) is 8.17. The lowest BCUT2D eigenvalue weighted by Gasteiger charge is -2.38. The van der Waals surface area contributed by atoms with E-state index in [1.165, 1.54) is 17.4 Å². The van der Waals surface area contributed by atoms with Gasteiger partial charge in [-0.05, 0) is 142 Å². The number of carboxylic acids is 1. The number of carboxylic acid groups (broad SMARTS) is 1. The van der Waals surface area contributed by atoms with Gasteiger partial charge in [0, 0.05) is 56.8 Å². The SMILES string of the molecule is Cc1c(O[C@H](C)CCC2CCN(CC(=O)N3CCN(c4cc5c(cc4F)C(=O)N(C4CCC(=O)NC4=O)C5=O)CC3)CC2)cccc1-c1ccc(N2CCc3cccc(C(=O)Nc4nc5ccccc5s4)c3C2)nc1C(=O)O. The Kier molecular flexibility index (Phi) is 14.5. The number of hydrogen-bond donors (Lipinski definition) is 3. The summed E-state index contributed by atoms with van der Waals surface area (Å²) in [6, 6.07) is 24.0. The van der Waals surface area contributed by atoms with Crippen molar-refractivity contribution in [1.29, 1.82) is 0 Å². The number of fused-ring (bicyclic) bond motifs is 3. The fourth-order valence-electron chi connectivity index (χ4n) is 11.5. The number of hydrogen-bond acceptors (Lipinski definition) is 14. The number of halogens is 1. The third-order valence-corrected chi connectivity index (χ3v) is 16.8. The maximum atomic E-state index is 15.5. The van der Waals surface area contributed by atoms with E-state index in [1.54, 1.807) is 21.9 Å². The van der Waals surface area contributed by atoms with Crippen molar-refractivity contribution in [3.05, 3.63) is 130 Å². The van der Waals surface area contributed by atoms with Gasteiger partial charge < -0.3 is 24.5 Å². The number of amides is 6. The van der Waals surface area contributed by atoms with Crippen molar-refractivity contribution in [2.75, 3.05) is 67.5 Å². The van der Waals surface area contributed by atoms with E-state index in [9.17, 15) is 38.7 Å². The highest BCUT2D eigenvalue weighted by atomic mass is 32.1. The summed E-state index contributed by atoms with van der Waals surface area (Å²) < 4.78 is 23.0. The molecule has 3 N–H and O–H groups in total. The Morgan fingerprint density at radius 1 is 0.821 bits per heavy atom. The Balaban J connectivity index is 0.649. The number of piperidine rings is 2. The van der Waals surface area contributed by atoms with Crippen molar-refractivity contribution in [3.8, 4) is 16.9 Å². The first-order valence-corrected chi connectivity index (χ1v) is 27.3. The third-order valence-electron chi connectivity index (χ3n) is 15.9. The van der Waals surface area contributed by atoms with E-state index in [4.69, 9.17) is 9.72 Å². The van der Waals surface area contributed by atoms with Gasteiger partial charge in [-0.3, -0.25) is 49.2 Å². The standard InChI is InChI=1S/C58H58FN9O9S/c1-33(13-14-35-19-22-64(23-20-35)32-51(70)66-27-25-65(26-28-66)46-30-41-40(29-43(46)59)55(73)68(56(41)74)45-16-18-50(69)62-54(45)72)77-47-11-6-8-37(34(47)2)38-15-17-49(61-52(38)57(75)76)67-24-21-36-7-5-9-39(42(36)31-67)53(71)63-58-60-44-10-3-4-12-48(44)78-58/h3-12,15,17,29-30,33,35,45H,13-14,16,18-28,31-32H2,1-2H3,(H,75,76)(H,60,63,71)(H,62,69,72)/t33-,45?/m1/s1.